The molecule has 0 spiro atoms. The first-order chi connectivity index (χ1) is 9.42. The van der Waals surface area contributed by atoms with Gasteiger partial charge in [-0.15, -0.1) is 0 Å². The highest BCUT2D eigenvalue weighted by Gasteiger charge is 2.37. The van der Waals surface area contributed by atoms with E-state index < -0.39 is 10.0 Å². The fraction of sp³-hybridized carbons (Fsp3) is 0.600. The number of aliphatic hydroxyl groups excluding tert-OH is 1. The van der Waals surface area contributed by atoms with E-state index >= 15 is 0 Å². The van der Waals surface area contributed by atoms with Gasteiger partial charge in [-0.2, -0.15) is 4.31 Å². The molecule has 1 aliphatic carbocycles. The van der Waals surface area contributed by atoms with Crippen molar-refractivity contribution in [3.8, 4) is 0 Å². The van der Waals surface area contributed by atoms with Crippen molar-refractivity contribution in [2.45, 2.75) is 45.1 Å². The van der Waals surface area contributed by atoms with Crippen LogP contribution in [0.1, 0.15) is 37.8 Å². The van der Waals surface area contributed by atoms with Gasteiger partial charge in [0.25, 0.3) is 0 Å². The predicted molar refractivity (Wildman–Crippen MR) is 79.6 cm³/mol. The maximum absolute atomic E-state index is 12.5. The van der Waals surface area contributed by atoms with Gasteiger partial charge in [0.2, 0.25) is 10.0 Å². The summed E-state index contributed by atoms with van der Waals surface area (Å²) in [5.41, 5.74) is 1.57. The van der Waals surface area contributed by atoms with Crippen molar-refractivity contribution >= 4 is 10.0 Å². The molecule has 1 N–H and O–H groups in total. The molecule has 4 nitrogen and oxygen atoms in total. The average Bonchev–Trinajstić information content (AvgIpc) is 3.20. The summed E-state index contributed by atoms with van der Waals surface area (Å²) in [6, 6.07) is 7.32. The van der Waals surface area contributed by atoms with Gasteiger partial charge in [0.05, 0.1) is 12.4 Å². The molecule has 0 atom stereocenters. The lowest BCUT2D eigenvalue weighted by molar-refractivity contribution is 0.282. The van der Waals surface area contributed by atoms with Crippen molar-refractivity contribution in [1.29, 1.82) is 0 Å². The normalized spacial score (nSPS) is 16.1. The van der Waals surface area contributed by atoms with Gasteiger partial charge in [0.1, 0.15) is 0 Å². The van der Waals surface area contributed by atoms with E-state index in [0.717, 1.165) is 24.0 Å². The second-order valence-corrected chi connectivity index (χ2v) is 7.85. The van der Waals surface area contributed by atoms with Crippen molar-refractivity contribution in [3.05, 3.63) is 35.4 Å². The highest BCUT2D eigenvalue weighted by Crippen LogP contribution is 2.31. The van der Waals surface area contributed by atoms with E-state index in [1.165, 1.54) is 0 Å². The summed E-state index contributed by atoms with van der Waals surface area (Å²) in [6.07, 6.45) is 1.96. The average molecular weight is 297 g/mol. The van der Waals surface area contributed by atoms with Gasteiger partial charge < -0.3 is 5.11 Å². The van der Waals surface area contributed by atoms with Gasteiger partial charge in [-0.05, 0) is 29.9 Å². The van der Waals surface area contributed by atoms with Crippen LogP contribution in [0.25, 0.3) is 0 Å². The molecule has 1 aliphatic rings. The van der Waals surface area contributed by atoms with Gasteiger partial charge in [-0.3, -0.25) is 0 Å². The molecule has 0 amide bonds. The molecule has 0 unspecified atom stereocenters. The van der Waals surface area contributed by atoms with E-state index in [-0.39, 0.29) is 18.4 Å². The van der Waals surface area contributed by atoms with Crippen molar-refractivity contribution in [1.82, 2.24) is 4.31 Å². The Hall–Kier alpha value is -0.910. The Kier molecular flexibility index (Phi) is 4.83. The zero-order valence-corrected chi connectivity index (χ0v) is 12.9. The minimum atomic E-state index is -3.26. The number of nitrogens with zero attached hydrogens (tertiary/aromatic N) is 1. The molecule has 1 aromatic rings. The maximum atomic E-state index is 12.5. The summed E-state index contributed by atoms with van der Waals surface area (Å²) in [4.78, 5) is 0. The van der Waals surface area contributed by atoms with Crippen LogP contribution in [0, 0.1) is 5.92 Å². The Labute approximate surface area is 121 Å². The van der Waals surface area contributed by atoms with Crippen molar-refractivity contribution in [2.75, 3.05) is 6.54 Å². The van der Waals surface area contributed by atoms with E-state index in [1.807, 2.05) is 13.8 Å². The number of benzene rings is 1. The van der Waals surface area contributed by atoms with Crippen LogP contribution in [0.2, 0.25) is 0 Å². The van der Waals surface area contributed by atoms with Crippen molar-refractivity contribution in [3.63, 3.8) is 0 Å². The van der Waals surface area contributed by atoms with E-state index in [4.69, 9.17) is 5.11 Å². The molecule has 0 aromatic heterocycles. The fourth-order valence-corrected chi connectivity index (χ4v) is 4.22. The van der Waals surface area contributed by atoms with E-state index in [2.05, 4.69) is 0 Å². The first-order valence-electron chi connectivity index (χ1n) is 7.10. The molecule has 5 heteroatoms. The monoisotopic (exact) mass is 297 g/mol. The smallest absolute Gasteiger partial charge is 0.218 e. The summed E-state index contributed by atoms with van der Waals surface area (Å²) in [7, 11) is -3.26. The van der Waals surface area contributed by atoms with Crippen LogP contribution in [0.15, 0.2) is 24.3 Å². The number of rotatable bonds is 7. The number of aliphatic hydroxyl groups is 1. The highest BCUT2D eigenvalue weighted by atomic mass is 32.2. The third kappa shape index (κ3) is 4.04. The molecule has 1 fully saturated rings. The van der Waals surface area contributed by atoms with Gasteiger partial charge in [-0.25, -0.2) is 8.42 Å². The Morgan fingerprint density at radius 2 is 1.75 bits per heavy atom. The maximum Gasteiger partial charge on any atom is 0.218 e. The van der Waals surface area contributed by atoms with Crippen LogP contribution < -0.4 is 0 Å². The van der Waals surface area contributed by atoms with Crippen LogP contribution in [0.3, 0.4) is 0 Å². The Morgan fingerprint density at radius 1 is 1.20 bits per heavy atom. The first-order valence-corrected chi connectivity index (χ1v) is 8.71. The van der Waals surface area contributed by atoms with Crippen molar-refractivity contribution in [2.24, 2.45) is 5.92 Å². The molecule has 112 valence electrons. The molecule has 0 heterocycles. The highest BCUT2D eigenvalue weighted by molar-refractivity contribution is 7.88. The number of hydrogen-bond acceptors (Lipinski definition) is 3. The zero-order valence-electron chi connectivity index (χ0n) is 12.1. The molecular formula is C15H23NO3S. The van der Waals surface area contributed by atoms with E-state index in [0.29, 0.717) is 12.5 Å². The second kappa shape index (κ2) is 6.24. The Morgan fingerprint density at radius 3 is 2.20 bits per heavy atom. The predicted octanol–water partition coefficient (Wildman–Crippen LogP) is 2.13. The summed E-state index contributed by atoms with van der Waals surface area (Å²) in [6.45, 7) is 4.66. The molecule has 0 saturated heterocycles. The molecule has 0 aliphatic heterocycles. The SMILES string of the molecule is CC(C)CN(C1CC1)S(=O)(=O)Cc1ccc(CO)cc1. The summed E-state index contributed by atoms with van der Waals surface area (Å²) >= 11 is 0. The second-order valence-electron chi connectivity index (χ2n) is 5.93. The Balaban J connectivity index is 2.11. The van der Waals surface area contributed by atoms with Gasteiger partial charge in [0, 0.05) is 12.6 Å². The lowest BCUT2D eigenvalue weighted by atomic mass is 10.2. The lowest BCUT2D eigenvalue weighted by Gasteiger charge is -2.23. The topological polar surface area (TPSA) is 57.6 Å². The number of hydrogen-bond donors (Lipinski definition) is 1. The first kappa shape index (κ1) is 15.5. The zero-order chi connectivity index (χ0) is 14.8. The third-order valence-corrected chi connectivity index (χ3v) is 5.27. The molecule has 1 aromatic carbocycles. The largest absolute Gasteiger partial charge is 0.392 e. The summed E-state index contributed by atoms with van der Waals surface area (Å²) in [5, 5.41) is 9.00. The minimum absolute atomic E-state index is 0.0193. The van der Waals surface area contributed by atoms with Crippen molar-refractivity contribution < 1.29 is 13.5 Å². The lowest BCUT2D eigenvalue weighted by Crippen LogP contribution is -2.36. The number of sulfonamides is 1. The fourth-order valence-electron chi connectivity index (χ4n) is 2.25. The molecule has 1 saturated carbocycles. The minimum Gasteiger partial charge on any atom is -0.392 e. The molecule has 0 bridgehead atoms. The molecule has 20 heavy (non-hydrogen) atoms. The molecule has 2 rings (SSSR count). The summed E-state index contributed by atoms with van der Waals surface area (Å²) in [5.74, 6) is 0.379. The van der Waals surface area contributed by atoms with Crippen LogP contribution in [-0.4, -0.2) is 30.4 Å². The standard InChI is InChI=1S/C15H23NO3S/c1-12(2)9-16(15-7-8-15)20(18,19)11-14-5-3-13(10-17)4-6-14/h3-6,12,15,17H,7-11H2,1-2H3. The molecular weight excluding hydrogens is 274 g/mol. The van der Waals surface area contributed by atoms with Gasteiger partial charge in [-0.1, -0.05) is 38.1 Å². The van der Waals surface area contributed by atoms with Crippen LogP contribution in [-0.2, 0) is 22.4 Å². The van der Waals surface area contributed by atoms with E-state index in [1.54, 1.807) is 28.6 Å². The van der Waals surface area contributed by atoms with Crippen LogP contribution in [0.5, 0.6) is 0 Å². The summed E-state index contributed by atoms with van der Waals surface area (Å²) < 4.78 is 26.8. The van der Waals surface area contributed by atoms with Crippen LogP contribution in [0.4, 0.5) is 0 Å². The van der Waals surface area contributed by atoms with Gasteiger partial charge in [0.15, 0.2) is 0 Å². The Bertz CT molecular complexity index is 533. The quantitative estimate of drug-likeness (QED) is 0.839. The molecule has 0 radical (unpaired) electrons. The third-order valence-electron chi connectivity index (χ3n) is 3.41. The van der Waals surface area contributed by atoms with E-state index in [9.17, 15) is 8.42 Å². The van der Waals surface area contributed by atoms with Gasteiger partial charge >= 0.3 is 0 Å². The van der Waals surface area contributed by atoms with Crippen LogP contribution >= 0.6 is 0 Å².